The third kappa shape index (κ3) is 1.59. The minimum Gasteiger partial charge on any atom is -0.465 e. The van der Waals surface area contributed by atoms with Crippen LogP contribution < -0.4 is 0 Å². The Morgan fingerprint density at radius 2 is 2.31 bits per heavy atom. The van der Waals surface area contributed by atoms with Crippen LogP contribution in [0.4, 0.5) is 4.79 Å². The molecule has 0 aromatic heterocycles. The van der Waals surface area contributed by atoms with Crippen molar-refractivity contribution in [2.24, 2.45) is 4.99 Å². The number of fused-ring (bicyclic) bond motifs is 1. The fraction of sp³-hybridized carbons (Fsp3) is 0.143. The number of nitrogens with zero attached hydrogens (tertiary/aromatic N) is 2. The molecule has 2 aliphatic rings. The van der Waals surface area contributed by atoms with E-state index in [1.54, 1.807) is 6.21 Å². The van der Waals surface area contributed by atoms with Crippen LogP contribution in [0, 0.1) is 0 Å². The molecule has 0 atom stereocenters. The first-order valence-electron chi connectivity index (χ1n) is 3.55. The fourth-order valence-corrected chi connectivity index (χ4v) is 2.67. The molecule has 0 saturated carbocycles. The summed E-state index contributed by atoms with van der Waals surface area (Å²) in [5, 5.41) is 12.5. The number of carboxylic acid groups (broad SMARTS) is 1. The normalized spacial score (nSPS) is 20.5. The second kappa shape index (κ2) is 3.47. The maximum atomic E-state index is 10.8. The molecule has 0 unspecified atom stereocenters. The van der Waals surface area contributed by atoms with Gasteiger partial charge < -0.3 is 5.11 Å². The maximum Gasteiger partial charge on any atom is 0.412 e. The third-order valence-electron chi connectivity index (χ3n) is 1.65. The van der Waals surface area contributed by atoms with Crippen LogP contribution in [0.2, 0.25) is 0 Å². The smallest absolute Gasteiger partial charge is 0.412 e. The summed E-state index contributed by atoms with van der Waals surface area (Å²) in [6, 6.07) is 0. The zero-order valence-electron chi connectivity index (χ0n) is 6.51. The van der Waals surface area contributed by atoms with Crippen molar-refractivity contribution in [3.05, 3.63) is 22.2 Å². The number of hydrogen-bond acceptors (Lipinski definition) is 4. The molecule has 0 fully saturated rings. The van der Waals surface area contributed by atoms with Gasteiger partial charge in [-0.3, -0.25) is 9.89 Å². The first-order chi connectivity index (χ1) is 6.29. The summed E-state index contributed by atoms with van der Waals surface area (Å²) in [5.41, 5.74) is 1.41. The molecule has 68 valence electrons. The highest BCUT2D eigenvalue weighted by atomic mass is 33.1. The molecule has 1 N–H and O–H groups in total. The van der Waals surface area contributed by atoms with E-state index in [9.17, 15) is 4.79 Å². The summed E-state index contributed by atoms with van der Waals surface area (Å²) in [7, 11) is 3.04. The van der Waals surface area contributed by atoms with Crippen molar-refractivity contribution in [1.29, 1.82) is 0 Å². The van der Waals surface area contributed by atoms with E-state index in [0.29, 0.717) is 12.2 Å². The second-order valence-corrected chi connectivity index (χ2v) is 4.41. The zero-order chi connectivity index (χ0) is 9.26. The Morgan fingerprint density at radius 3 is 3.08 bits per heavy atom. The van der Waals surface area contributed by atoms with Gasteiger partial charge in [0.15, 0.2) is 0 Å². The van der Waals surface area contributed by atoms with E-state index in [1.165, 1.54) is 26.5 Å². The molecular weight excluding hydrogens is 208 g/mol. The highest BCUT2D eigenvalue weighted by molar-refractivity contribution is 8.79. The first kappa shape index (κ1) is 8.71. The van der Waals surface area contributed by atoms with Crippen LogP contribution >= 0.6 is 21.6 Å². The van der Waals surface area contributed by atoms with E-state index in [0.717, 1.165) is 5.70 Å². The maximum absolute atomic E-state index is 10.8. The van der Waals surface area contributed by atoms with Crippen molar-refractivity contribution >= 4 is 33.9 Å². The van der Waals surface area contributed by atoms with Crippen LogP contribution in [0.25, 0.3) is 0 Å². The highest BCUT2D eigenvalue weighted by Gasteiger charge is 2.23. The van der Waals surface area contributed by atoms with Gasteiger partial charge in [0.1, 0.15) is 0 Å². The summed E-state index contributed by atoms with van der Waals surface area (Å²) >= 11 is 0. The van der Waals surface area contributed by atoms with Crippen LogP contribution in [-0.2, 0) is 0 Å². The van der Waals surface area contributed by atoms with Crippen molar-refractivity contribution in [3.63, 3.8) is 0 Å². The van der Waals surface area contributed by atoms with Gasteiger partial charge in [0.25, 0.3) is 0 Å². The molecule has 2 aliphatic heterocycles. The van der Waals surface area contributed by atoms with Crippen molar-refractivity contribution in [2.45, 2.75) is 0 Å². The summed E-state index contributed by atoms with van der Waals surface area (Å²) in [5.74, 6) is 0. The fourth-order valence-electron chi connectivity index (χ4n) is 1.07. The van der Waals surface area contributed by atoms with Gasteiger partial charge >= 0.3 is 6.09 Å². The third-order valence-corrected chi connectivity index (χ3v) is 3.31. The van der Waals surface area contributed by atoms with Gasteiger partial charge in [-0.2, -0.15) is 0 Å². The van der Waals surface area contributed by atoms with E-state index in [-0.39, 0.29) is 0 Å². The van der Waals surface area contributed by atoms with E-state index in [1.807, 2.05) is 10.8 Å². The number of aliphatic imine (C=N–C) groups is 1. The van der Waals surface area contributed by atoms with E-state index in [4.69, 9.17) is 5.11 Å². The lowest BCUT2D eigenvalue weighted by atomic mass is 10.3. The summed E-state index contributed by atoms with van der Waals surface area (Å²) in [4.78, 5) is 16.2. The van der Waals surface area contributed by atoms with Gasteiger partial charge in [-0.1, -0.05) is 21.6 Å². The lowest BCUT2D eigenvalue weighted by Gasteiger charge is -2.25. The van der Waals surface area contributed by atoms with Crippen molar-refractivity contribution in [1.82, 2.24) is 4.90 Å². The predicted octanol–water partition coefficient (Wildman–Crippen LogP) is 2.13. The Kier molecular flexibility index (Phi) is 2.32. The average Bonchev–Trinajstić information content (AvgIpc) is 2.17. The number of carbonyl (C=O) groups is 1. The van der Waals surface area contributed by atoms with Gasteiger partial charge in [-0.05, 0) is 0 Å². The predicted molar refractivity (Wildman–Crippen MR) is 54.6 cm³/mol. The van der Waals surface area contributed by atoms with Gasteiger partial charge in [0, 0.05) is 17.0 Å². The highest BCUT2D eigenvalue weighted by Crippen LogP contribution is 2.37. The van der Waals surface area contributed by atoms with Crippen LogP contribution in [-0.4, -0.2) is 28.9 Å². The zero-order valence-corrected chi connectivity index (χ0v) is 8.14. The lowest BCUT2D eigenvalue weighted by Crippen LogP contribution is -2.33. The lowest BCUT2D eigenvalue weighted by molar-refractivity contribution is 0.164. The van der Waals surface area contributed by atoms with E-state index in [2.05, 4.69) is 4.99 Å². The summed E-state index contributed by atoms with van der Waals surface area (Å²) in [6.45, 7) is 0.337. The largest absolute Gasteiger partial charge is 0.465 e. The molecule has 0 aliphatic carbocycles. The Balaban J connectivity index is 2.35. The van der Waals surface area contributed by atoms with Gasteiger partial charge in [0.05, 0.1) is 17.9 Å². The topological polar surface area (TPSA) is 52.9 Å². The molecule has 0 saturated heterocycles. The molecule has 0 aromatic carbocycles. The minimum absolute atomic E-state index is 0.337. The van der Waals surface area contributed by atoms with E-state index < -0.39 is 6.09 Å². The monoisotopic (exact) mass is 214 g/mol. The molecule has 6 heteroatoms. The van der Waals surface area contributed by atoms with Crippen LogP contribution in [0.5, 0.6) is 0 Å². The SMILES string of the molecule is O=C(O)N1CC=NC2=CSSC=C21. The molecule has 0 radical (unpaired) electrons. The van der Waals surface area contributed by atoms with Gasteiger partial charge in [-0.15, -0.1) is 0 Å². The molecule has 0 bridgehead atoms. The van der Waals surface area contributed by atoms with Crippen molar-refractivity contribution in [3.8, 4) is 0 Å². The molecule has 13 heavy (non-hydrogen) atoms. The standard InChI is InChI=1S/C7H6N2O2S2/c10-7(11)9-2-1-8-5-3-12-13-4-6(5)9/h1,3-4H,2H2,(H,10,11). The average molecular weight is 214 g/mol. The first-order valence-corrected chi connectivity index (χ1v) is 5.82. The number of rotatable bonds is 0. The van der Waals surface area contributed by atoms with Gasteiger partial charge in [-0.25, -0.2) is 4.79 Å². The van der Waals surface area contributed by atoms with E-state index >= 15 is 0 Å². The Bertz CT molecular complexity index is 335. The minimum atomic E-state index is -0.934. The molecule has 2 rings (SSSR count). The number of hydrogen-bond donors (Lipinski definition) is 1. The summed E-state index contributed by atoms with van der Waals surface area (Å²) in [6.07, 6.45) is 0.671. The Hall–Kier alpha value is -0.880. The van der Waals surface area contributed by atoms with Crippen molar-refractivity contribution in [2.75, 3.05) is 6.54 Å². The second-order valence-electron chi connectivity index (χ2n) is 2.40. The molecule has 0 aromatic rings. The molecular formula is C7H6N2O2S2. The summed E-state index contributed by atoms with van der Waals surface area (Å²) < 4.78 is 0. The van der Waals surface area contributed by atoms with Gasteiger partial charge in [0.2, 0.25) is 0 Å². The quantitative estimate of drug-likeness (QED) is 0.627. The Labute approximate surface area is 82.8 Å². The molecule has 0 spiro atoms. The van der Waals surface area contributed by atoms with Crippen LogP contribution in [0.15, 0.2) is 27.2 Å². The molecule has 2 heterocycles. The number of amides is 1. The van der Waals surface area contributed by atoms with Crippen LogP contribution in [0.1, 0.15) is 0 Å². The van der Waals surface area contributed by atoms with Crippen molar-refractivity contribution < 1.29 is 9.90 Å². The molecule has 1 amide bonds. The van der Waals surface area contributed by atoms with Crippen LogP contribution in [0.3, 0.4) is 0 Å². The Morgan fingerprint density at radius 1 is 1.54 bits per heavy atom. The molecule has 4 nitrogen and oxygen atoms in total.